The van der Waals surface area contributed by atoms with Crippen molar-refractivity contribution in [2.24, 2.45) is 0 Å². The molecule has 1 heterocycles. The molecule has 0 fully saturated rings. The minimum atomic E-state index is 0.0583. The molecule has 0 atom stereocenters. The Hall–Kier alpha value is -2.27. The first-order valence-electron chi connectivity index (χ1n) is 8.52. The molecular weight excluding hydrogens is 316 g/mol. The molecule has 0 unspecified atom stereocenters. The van der Waals surface area contributed by atoms with E-state index in [-0.39, 0.29) is 5.91 Å². The molecule has 0 N–H and O–H groups in total. The van der Waals surface area contributed by atoms with Gasteiger partial charge in [0.1, 0.15) is 23.9 Å². The van der Waals surface area contributed by atoms with Crippen molar-refractivity contribution in [3.05, 3.63) is 53.0 Å². The van der Waals surface area contributed by atoms with Crippen LogP contribution in [-0.4, -0.2) is 49.5 Å². The van der Waals surface area contributed by atoms with Gasteiger partial charge in [-0.3, -0.25) is 9.69 Å². The van der Waals surface area contributed by atoms with E-state index in [0.29, 0.717) is 26.2 Å². The molecule has 1 aromatic heterocycles. The third kappa shape index (κ3) is 6.27. The van der Waals surface area contributed by atoms with Crippen LogP contribution in [0.1, 0.15) is 22.6 Å². The molecule has 5 heteroatoms. The summed E-state index contributed by atoms with van der Waals surface area (Å²) < 4.78 is 11.3. The van der Waals surface area contributed by atoms with E-state index in [1.807, 2.05) is 43.1 Å². The molecule has 0 spiro atoms. The predicted molar refractivity (Wildman–Crippen MR) is 98.8 cm³/mol. The van der Waals surface area contributed by atoms with Crippen LogP contribution in [0.2, 0.25) is 0 Å². The fraction of sp³-hybridized carbons (Fsp3) is 0.450. The van der Waals surface area contributed by atoms with Crippen molar-refractivity contribution < 1.29 is 13.9 Å². The molecule has 0 aliphatic rings. The summed E-state index contributed by atoms with van der Waals surface area (Å²) in [6, 6.07) is 9.98. The molecule has 0 aliphatic heterocycles. The summed E-state index contributed by atoms with van der Waals surface area (Å²) >= 11 is 0. The Kier molecular flexibility index (Phi) is 6.65. The van der Waals surface area contributed by atoms with Crippen molar-refractivity contribution in [3.63, 3.8) is 0 Å². The highest BCUT2D eigenvalue weighted by molar-refractivity contribution is 5.77. The first-order chi connectivity index (χ1) is 11.8. The van der Waals surface area contributed by atoms with E-state index in [0.717, 1.165) is 17.3 Å². The van der Waals surface area contributed by atoms with E-state index in [4.69, 9.17) is 9.15 Å². The molecule has 0 radical (unpaired) electrons. The van der Waals surface area contributed by atoms with Gasteiger partial charge >= 0.3 is 0 Å². The molecule has 2 aromatic rings. The zero-order chi connectivity index (χ0) is 18.4. The molecule has 0 saturated carbocycles. The molecule has 2 rings (SSSR count). The van der Waals surface area contributed by atoms with Crippen molar-refractivity contribution in [1.82, 2.24) is 9.80 Å². The standard InChI is InChI=1S/C20H28N2O3/c1-15-10-16(2)12-19(11-15)24-9-8-21(4)14-20(23)22(5)13-18-7-6-17(3)25-18/h6-7,10-12H,8-9,13-14H2,1-5H3. The van der Waals surface area contributed by atoms with Crippen LogP contribution in [0.15, 0.2) is 34.7 Å². The lowest BCUT2D eigenvalue weighted by molar-refractivity contribution is -0.131. The third-order valence-corrected chi connectivity index (χ3v) is 3.96. The minimum absolute atomic E-state index is 0.0583. The van der Waals surface area contributed by atoms with Crippen molar-refractivity contribution in [2.45, 2.75) is 27.3 Å². The Morgan fingerprint density at radius 3 is 2.36 bits per heavy atom. The Bertz CT molecular complexity index is 688. The SMILES string of the molecule is Cc1cc(C)cc(OCCN(C)CC(=O)N(C)Cc2ccc(C)o2)c1. The Balaban J connectivity index is 1.73. The van der Waals surface area contributed by atoms with Crippen LogP contribution in [0, 0.1) is 20.8 Å². The Morgan fingerprint density at radius 1 is 1.08 bits per heavy atom. The number of amides is 1. The number of likely N-dealkylation sites (N-methyl/N-ethyl adjacent to an activating group) is 2. The molecule has 0 aliphatic carbocycles. The fourth-order valence-corrected chi connectivity index (χ4v) is 2.66. The average molecular weight is 344 g/mol. The van der Waals surface area contributed by atoms with Gasteiger partial charge in [-0.15, -0.1) is 0 Å². The van der Waals surface area contributed by atoms with Crippen LogP contribution in [0.5, 0.6) is 5.75 Å². The third-order valence-electron chi connectivity index (χ3n) is 3.96. The normalized spacial score (nSPS) is 11.0. The number of rotatable bonds is 8. The summed E-state index contributed by atoms with van der Waals surface area (Å²) in [5.41, 5.74) is 2.38. The van der Waals surface area contributed by atoms with E-state index in [1.54, 1.807) is 11.9 Å². The quantitative estimate of drug-likeness (QED) is 0.738. The van der Waals surface area contributed by atoms with Gasteiger partial charge in [0.25, 0.3) is 0 Å². The largest absolute Gasteiger partial charge is 0.492 e. The highest BCUT2D eigenvalue weighted by Gasteiger charge is 2.13. The maximum absolute atomic E-state index is 12.3. The molecule has 0 saturated heterocycles. The van der Waals surface area contributed by atoms with Crippen molar-refractivity contribution in [1.29, 1.82) is 0 Å². The van der Waals surface area contributed by atoms with E-state index < -0.39 is 0 Å². The summed E-state index contributed by atoms with van der Waals surface area (Å²) in [6.07, 6.45) is 0. The van der Waals surface area contributed by atoms with Gasteiger partial charge in [-0.2, -0.15) is 0 Å². The zero-order valence-corrected chi connectivity index (χ0v) is 15.8. The first kappa shape index (κ1) is 19.1. The van der Waals surface area contributed by atoms with Gasteiger partial charge in [0.2, 0.25) is 5.91 Å². The molecule has 136 valence electrons. The number of benzene rings is 1. The van der Waals surface area contributed by atoms with Crippen LogP contribution in [0.25, 0.3) is 0 Å². The number of carbonyl (C=O) groups is 1. The molecule has 5 nitrogen and oxygen atoms in total. The minimum Gasteiger partial charge on any atom is -0.492 e. The Labute approximate surface area is 150 Å². The second kappa shape index (κ2) is 8.72. The second-order valence-corrected chi connectivity index (χ2v) is 6.67. The van der Waals surface area contributed by atoms with E-state index in [1.165, 1.54) is 11.1 Å². The predicted octanol–water partition coefficient (Wildman–Crippen LogP) is 3.17. The molecule has 25 heavy (non-hydrogen) atoms. The van der Waals surface area contributed by atoms with Gasteiger partial charge < -0.3 is 14.1 Å². The monoisotopic (exact) mass is 344 g/mol. The highest BCUT2D eigenvalue weighted by atomic mass is 16.5. The number of hydrogen-bond acceptors (Lipinski definition) is 4. The number of nitrogens with zero attached hydrogens (tertiary/aromatic N) is 2. The molecule has 1 aromatic carbocycles. The van der Waals surface area contributed by atoms with Crippen LogP contribution in [-0.2, 0) is 11.3 Å². The van der Waals surface area contributed by atoms with Crippen LogP contribution >= 0.6 is 0 Å². The molecular formula is C20H28N2O3. The van der Waals surface area contributed by atoms with Crippen LogP contribution in [0.3, 0.4) is 0 Å². The molecule has 0 bridgehead atoms. The van der Waals surface area contributed by atoms with Crippen molar-refractivity contribution in [2.75, 3.05) is 33.8 Å². The number of ether oxygens (including phenoxy) is 1. The Morgan fingerprint density at radius 2 is 1.76 bits per heavy atom. The number of furan rings is 1. The number of aryl methyl sites for hydroxylation is 3. The van der Waals surface area contributed by atoms with Crippen LogP contribution in [0.4, 0.5) is 0 Å². The van der Waals surface area contributed by atoms with E-state index in [9.17, 15) is 4.79 Å². The lowest BCUT2D eigenvalue weighted by atomic mass is 10.1. The fourth-order valence-electron chi connectivity index (χ4n) is 2.66. The van der Waals surface area contributed by atoms with Crippen LogP contribution < -0.4 is 4.74 Å². The maximum atomic E-state index is 12.3. The average Bonchev–Trinajstić information content (AvgIpc) is 2.91. The van der Waals surface area contributed by atoms with E-state index in [2.05, 4.69) is 19.9 Å². The van der Waals surface area contributed by atoms with E-state index >= 15 is 0 Å². The lowest BCUT2D eigenvalue weighted by Crippen LogP contribution is -2.37. The zero-order valence-electron chi connectivity index (χ0n) is 15.8. The van der Waals surface area contributed by atoms with Gasteiger partial charge in [-0.25, -0.2) is 0 Å². The van der Waals surface area contributed by atoms with Gasteiger partial charge in [0.05, 0.1) is 13.1 Å². The van der Waals surface area contributed by atoms with Gasteiger partial charge in [-0.05, 0) is 63.2 Å². The lowest BCUT2D eigenvalue weighted by Gasteiger charge is -2.21. The van der Waals surface area contributed by atoms with Gasteiger partial charge in [0.15, 0.2) is 0 Å². The summed E-state index contributed by atoms with van der Waals surface area (Å²) in [7, 11) is 3.72. The first-order valence-corrected chi connectivity index (χ1v) is 8.52. The van der Waals surface area contributed by atoms with Gasteiger partial charge in [0, 0.05) is 13.6 Å². The number of carbonyl (C=O) groups excluding carboxylic acids is 1. The topological polar surface area (TPSA) is 45.9 Å². The summed E-state index contributed by atoms with van der Waals surface area (Å²) in [5.74, 6) is 2.59. The van der Waals surface area contributed by atoms with Crippen molar-refractivity contribution >= 4 is 5.91 Å². The maximum Gasteiger partial charge on any atom is 0.236 e. The highest BCUT2D eigenvalue weighted by Crippen LogP contribution is 2.16. The second-order valence-electron chi connectivity index (χ2n) is 6.67. The smallest absolute Gasteiger partial charge is 0.236 e. The van der Waals surface area contributed by atoms with Gasteiger partial charge in [-0.1, -0.05) is 6.07 Å². The summed E-state index contributed by atoms with van der Waals surface area (Å²) in [4.78, 5) is 15.9. The number of hydrogen-bond donors (Lipinski definition) is 0. The summed E-state index contributed by atoms with van der Waals surface area (Å²) in [5, 5.41) is 0. The van der Waals surface area contributed by atoms with Crippen molar-refractivity contribution in [3.8, 4) is 5.75 Å². The molecule has 1 amide bonds. The summed E-state index contributed by atoms with van der Waals surface area (Å²) in [6.45, 7) is 8.09.